The lowest BCUT2D eigenvalue weighted by Crippen LogP contribution is -2.23. The fourth-order valence-electron chi connectivity index (χ4n) is 1.49. The van der Waals surface area contributed by atoms with Gasteiger partial charge in [-0.3, -0.25) is 0 Å². The van der Waals surface area contributed by atoms with Crippen LogP contribution in [-0.2, 0) is 11.3 Å². The van der Waals surface area contributed by atoms with Crippen LogP contribution < -0.4 is 5.32 Å². The zero-order chi connectivity index (χ0) is 11.3. The Morgan fingerprint density at radius 3 is 2.93 bits per heavy atom. The van der Waals surface area contributed by atoms with E-state index in [1.54, 1.807) is 17.0 Å². The summed E-state index contributed by atoms with van der Waals surface area (Å²) in [5, 5.41) is 12.2. The summed E-state index contributed by atoms with van der Waals surface area (Å²) in [4.78, 5) is 15.1. The van der Waals surface area contributed by atoms with Crippen molar-refractivity contribution in [1.29, 1.82) is 0 Å². The first-order chi connectivity index (χ1) is 7.20. The van der Waals surface area contributed by atoms with Crippen molar-refractivity contribution in [2.45, 2.75) is 32.9 Å². The molecule has 0 aromatic carbocycles. The fourth-order valence-corrected chi connectivity index (χ4v) is 1.49. The van der Waals surface area contributed by atoms with Gasteiger partial charge in [-0.1, -0.05) is 13.8 Å². The van der Waals surface area contributed by atoms with E-state index in [1.165, 1.54) is 0 Å². The number of carboxylic acid groups (broad SMARTS) is 1. The van der Waals surface area contributed by atoms with Gasteiger partial charge in [-0.15, -0.1) is 0 Å². The van der Waals surface area contributed by atoms with Crippen LogP contribution in [0.5, 0.6) is 0 Å². The molecule has 1 heterocycles. The maximum atomic E-state index is 11.0. The topological polar surface area (TPSA) is 67.2 Å². The number of carboxylic acids is 1. The molecule has 0 bridgehead atoms. The summed E-state index contributed by atoms with van der Waals surface area (Å²) in [6.07, 6.45) is 3.91. The van der Waals surface area contributed by atoms with E-state index >= 15 is 0 Å². The molecule has 5 heteroatoms. The van der Waals surface area contributed by atoms with E-state index in [0.29, 0.717) is 13.0 Å². The van der Waals surface area contributed by atoms with Crippen molar-refractivity contribution in [2.24, 2.45) is 0 Å². The van der Waals surface area contributed by atoms with Crippen LogP contribution in [0.25, 0.3) is 0 Å². The van der Waals surface area contributed by atoms with Gasteiger partial charge in [0.05, 0.1) is 6.54 Å². The number of nitrogens with one attached hydrogen (secondary N) is 1. The Hall–Kier alpha value is -1.36. The van der Waals surface area contributed by atoms with Crippen LogP contribution >= 0.6 is 0 Å². The number of carbonyl (C=O) groups is 1. The molecule has 84 valence electrons. The van der Waals surface area contributed by atoms with E-state index in [4.69, 9.17) is 5.11 Å². The van der Waals surface area contributed by atoms with E-state index in [9.17, 15) is 4.79 Å². The summed E-state index contributed by atoms with van der Waals surface area (Å²) in [6, 6.07) is -0.513. The van der Waals surface area contributed by atoms with Crippen LogP contribution in [0.4, 0.5) is 0 Å². The van der Waals surface area contributed by atoms with Crippen molar-refractivity contribution in [3.63, 3.8) is 0 Å². The monoisotopic (exact) mass is 211 g/mol. The third kappa shape index (κ3) is 2.79. The van der Waals surface area contributed by atoms with Crippen molar-refractivity contribution < 1.29 is 9.90 Å². The van der Waals surface area contributed by atoms with Gasteiger partial charge in [0.2, 0.25) is 0 Å². The largest absolute Gasteiger partial charge is 0.480 e. The highest BCUT2D eigenvalue weighted by molar-refractivity contribution is 5.71. The lowest BCUT2D eigenvalue weighted by Gasteiger charge is -2.14. The van der Waals surface area contributed by atoms with Crippen molar-refractivity contribution in [1.82, 2.24) is 14.9 Å². The molecule has 1 aromatic heterocycles. The molecule has 5 nitrogen and oxygen atoms in total. The first kappa shape index (κ1) is 11.7. The van der Waals surface area contributed by atoms with Crippen LogP contribution in [0.15, 0.2) is 12.4 Å². The van der Waals surface area contributed by atoms with E-state index in [1.807, 2.05) is 13.8 Å². The van der Waals surface area contributed by atoms with Crippen LogP contribution in [0, 0.1) is 0 Å². The van der Waals surface area contributed by atoms with Gasteiger partial charge in [0.1, 0.15) is 11.9 Å². The van der Waals surface area contributed by atoms with Crippen molar-refractivity contribution >= 4 is 5.97 Å². The molecular formula is C10H17N3O2. The smallest absolute Gasteiger partial charge is 0.326 e. The maximum Gasteiger partial charge on any atom is 0.326 e. The molecule has 0 fully saturated rings. The van der Waals surface area contributed by atoms with Gasteiger partial charge in [-0.2, -0.15) is 0 Å². The Bertz CT molecular complexity index is 322. The normalized spacial score (nSPS) is 12.7. The standard InChI is InChI=1S/C10H17N3O2/c1-3-8(10(14)15)13-6-5-12-9(13)7-11-4-2/h5-6,8,11H,3-4,7H2,1-2H3,(H,14,15). The minimum absolute atomic E-state index is 0.513. The zero-order valence-corrected chi connectivity index (χ0v) is 9.10. The zero-order valence-electron chi connectivity index (χ0n) is 9.10. The molecule has 15 heavy (non-hydrogen) atoms. The summed E-state index contributed by atoms with van der Waals surface area (Å²) in [5.74, 6) is -0.0423. The predicted molar refractivity (Wildman–Crippen MR) is 56.6 cm³/mol. The lowest BCUT2D eigenvalue weighted by molar-refractivity contribution is -0.141. The first-order valence-corrected chi connectivity index (χ1v) is 5.15. The van der Waals surface area contributed by atoms with Gasteiger partial charge >= 0.3 is 5.97 Å². The maximum absolute atomic E-state index is 11.0. The Kier molecular flexibility index (Phi) is 4.30. The highest BCUT2D eigenvalue weighted by Crippen LogP contribution is 2.13. The van der Waals surface area contributed by atoms with Gasteiger partial charge in [0.15, 0.2) is 0 Å². The number of nitrogens with zero attached hydrogens (tertiary/aromatic N) is 2. The number of aliphatic carboxylic acids is 1. The number of aromatic nitrogens is 2. The molecule has 0 saturated heterocycles. The molecule has 0 aliphatic rings. The fraction of sp³-hybridized carbons (Fsp3) is 0.600. The van der Waals surface area contributed by atoms with Gasteiger partial charge in [0.25, 0.3) is 0 Å². The van der Waals surface area contributed by atoms with Crippen LogP contribution in [-0.4, -0.2) is 27.2 Å². The molecule has 1 atom stereocenters. The van der Waals surface area contributed by atoms with Gasteiger partial charge in [-0.05, 0) is 13.0 Å². The van der Waals surface area contributed by atoms with Crippen molar-refractivity contribution in [3.05, 3.63) is 18.2 Å². The SMILES string of the molecule is CCNCc1nccn1C(CC)C(=O)O. The van der Waals surface area contributed by atoms with Crippen LogP contribution in [0.3, 0.4) is 0 Å². The third-order valence-electron chi connectivity index (χ3n) is 2.29. The Morgan fingerprint density at radius 1 is 1.67 bits per heavy atom. The number of rotatable bonds is 6. The van der Waals surface area contributed by atoms with E-state index in [2.05, 4.69) is 10.3 Å². The van der Waals surface area contributed by atoms with Crippen molar-refractivity contribution in [3.8, 4) is 0 Å². The van der Waals surface area contributed by atoms with Gasteiger partial charge < -0.3 is 15.0 Å². The number of hydrogen-bond acceptors (Lipinski definition) is 3. The summed E-state index contributed by atoms with van der Waals surface area (Å²) >= 11 is 0. The molecule has 1 unspecified atom stereocenters. The molecule has 0 spiro atoms. The summed E-state index contributed by atoms with van der Waals surface area (Å²) in [5.41, 5.74) is 0. The average molecular weight is 211 g/mol. The van der Waals surface area contributed by atoms with Crippen LogP contribution in [0.2, 0.25) is 0 Å². The molecule has 0 aliphatic heterocycles. The molecule has 1 aromatic rings. The highest BCUT2D eigenvalue weighted by Gasteiger charge is 2.19. The second-order valence-electron chi connectivity index (χ2n) is 3.29. The minimum atomic E-state index is -0.812. The first-order valence-electron chi connectivity index (χ1n) is 5.15. The van der Waals surface area contributed by atoms with Gasteiger partial charge in [0, 0.05) is 12.4 Å². The second kappa shape index (κ2) is 5.50. The summed E-state index contributed by atoms with van der Waals surface area (Å²) in [6.45, 7) is 5.31. The molecule has 1 rings (SSSR count). The van der Waals surface area contributed by atoms with Crippen LogP contribution in [0.1, 0.15) is 32.1 Å². The molecule has 0 saturated carbocycles. The molecule has 0 radical (unpaired) electrons. The van der Waals surface area contributed by atoms with E-state index in [-0.39, 0.29) is 0 Å². The number of hydrogen-bond donors (Lipinski definition) is 2. The quantitative estimate of drug-likeness (QED) is 0.737. The molecule has 0 amide bonds. The highest BCUT2D eigenvalue weighted by atomic mass is 16.4. The molecular weight excluding hydrogens is 194 g/mol. The van der Waals surface area contributed by atoms with E-state index < -0.39 is 12.0 Å². The van der Waals surface area contributed by atoms with Gasteiger partial charge in [-0.25, -0.2) is 9.78 Å². The second-order valence-corrected chi connectivity index (χ2v) is 3.29. The lowest BCUT2D eigenvalue weighted by atomic mass is 10.2. The average Bonchev–Trinajstić information content (AvgIpc) is 2.64. The molecule has 0 aliphatic carbocycles. The Balaban J connectivity index is 2.82. The molecule has 2 N–H and O–H groups in total. The Morgan fingerprint density at radius 2 is 2.40 bits per heavy atom. The third-order valence-corrected chi connectivity index (χ3v) is 2.29. The van der Waals surface area contributed by atoms with E-state index in [0.717, 1.165) is 12.4 Å². The predicted octanol–water partition coefficient (Wildman–Crippen LogP) is 1.03. The summed E-state index contributed by atoms with van der Waals surface area (Å²) < 4.78 is 1.71. The van der Waals surface area contributed by atoms with Crippen molar-refractivity contribution in [2.75, 3.05) is 6.54 Å². The Labute approximate surface area is 89.1 Å². The number of imidazole rings is 1. The minimum Gasteiger partial charge on any atom is -0.480 e. The summed E-state index contributed by atoms with van der Waals surface area (Å²) in [7, 11) is 0.